The Morgan fingerprint density at radius 1 is 1.33 bits per heavy atom. The largest absolute Gasteiger partial charge is 0.478 e. The van der Waals surface area contributed by atoms with Gasteiger partial charge in [-0.05, 0) is 37.9 Å². The van der Waals surface area contributed by atoms with Gasteiger partial charge in [0.1, 0.15) is 5.75 Å². The fraction of sp³-hybridized carbons (Fsp3) is 0.556. The molecule has 130 valence electrons. The third-order valence-electron chi connectivity index (χ3n) is 4.57. The van der Waals surface area contributed by atoms with Crippen LogP contribution in [-0.2, 0) is 9.59 Å². The van der Waals surface area contributed by atoms with Crippen LogP contribution in [0.25, 0.3) is 0 Å². The number of carbonyl (C=O) groups excluding carboxylic acids is 2. The Bertz CT molecular complexity index is 597. The maximum Gasteiger partial charge on any atom is 0.266 e. The molecule has 0 unspecified atom stereocenters. The zero-order valence-electron chi connectivity index (χ0n) is 14.1. The highest BCUT2D eigenvalue weighted by Gasteiger charge is 2.30. The Labute approximate surface area is 142 Å². The standard InChI is InChI=1S/C18H25N3O3/c1-2-9-21-10-7-13(8-11-21)19-17(22)12-16-18(23)20-14-5-3-4-6-15(14)24-16/h3-6,13,16H,2,7-12H2,1H3,(H,19,22)(H,20,23)/t16-/m0/s1. The van der Waals surface area contributed by atoms with Crippen LogP contribution in [0.4, 0.5) is 5.69 Å². The highest BCUT2D eigenvalue weighted by atomic mass is 16.5. The molecule has 3 rings (SSSR count). The van der Waals surface area contributed by atoms with Crippen LogP contribution in [0.5, 0.6) is 5.75 Å². The van der Waals surface area contributed by atoms with Crippen LogP contribution in [0, 0.1) is 0 Å². The van der Waals surface area contributed by atoms with Gasteiger partial charge in [-0.25, -0.2) is 0 Å². The number of likely N-dealkylation sites (tertiary alicyclic amines) is 1. The lowest BCUT2D eigenvalue weighted by molar-refractivity contribution is -0.131. The molecule has 24 heavy (non-hydrogen) atoms. The average Bonchev–Trinajstić information content (AvgIpc) is 2.57. The van der Waals surface area contributed by atoms with Crippen molar-refractivity contribution in [2.75, 3.05) is 25.0 Å². The number of hydrogen-bond donors (Lipinski definition) is 2. The van der Waals surface area contributed by atoms with E-state index in [-0.39, 0.29) is 24.3 Å². The van der Waals surface area contributed by atoms with Gasteiger partial charge in [-0.2, -0.15) is 0 Å². The lowest BCUT2D eigenvalue weighted by Gasteiger charge is -2.32. The number of hydrogen-bond acceptors (Lipinski definition) is 4. The van der Waals surface area contributed by atoms with E-state index in [1.165, 1.54) is 0 Å². The van der Waals surface area contributed by atoms with E-state index in [1.54, 1.807) is 12.1 Å². The first-order chi connectivity index (χ1) is 11.7. The first-order valence-electron chi connectivity index (χ1n) is 8.74. The molecule has 2 aliphatic rings. The highest BCUT2D eigenvalue weighted by Crippen LogP contribution is 2.29. The van der Waals surface area contributed by atoms with Crippen molar-refractivity contribution in [2.45, 2.75) is 44.8 Å². The van der Waals surface area contributed by atoms with Crippen LogP contribution in [0.3, 0.4) is 0 Å². The molecule has 1 saturated heterocycles. The third kappa shape index (κ3) is 4.06. The molecule has 1 atom stereocenters. The van der Waals surface area contributed by atoms with E-state index >= 15 is 0 Å². The van der Waals surface area contributed by atoms with Crippen molar-refractivity contribution in [2.24, 2.45) is 0 Å². The zero-order valence-corrected chi connectivity index (χ0v) is 14.1. The predicted octanol–water partition coefficient (Wildman–Crippen LogP) is 1.77. The molecule has 6 heteroatoms. The molecule has 2 heterocycles. The monoisotopic (exact) mass is 331 g/mol. The summed E-state index contributed by atoms with van der Waals surface area (Å²) in [5.74, 6) is 0.230. The fourth-order valence-corrected chi connectivity index (χ4v) is 3.30. The molecule has 0 spiro atoms. The normalized spacial score (nSPS) is 21.5. The van der Waals surface area contributed by atoms with Gasteiger partial charge in [0.25, 0.3) is 5.91 Å². The topological polar surface area (TPSA) is 70.7 Å². The van der Waals surface area contributed by atoms with Gasteiger partial charge in [0.2, 0.25) is 5.91 Å². The zero-order chi connectivity index (χ0) is 16.9. The first kappa shape index (κ1) is 16.8. The summed E-state index contributed by atoms with van der Waals surface area (Å²) < 4.78 is 5.67. The minimum absolute atomic E-state index is 0.0509. The third-order valence-corrected chi connectivity index (χ3v) is 4.57. The number of para-hydroxylation sites is 2. The summed E-state index contributed by atoms with van der Waals surface area (Å²) in [5, 5.41) is 5.84. The van der Waals surface area contributed by atoms with Gasteiger partial charge < -0.3 is 20.3 Å². The Balaban J connectivity index is 1.48. The summed E-state index contributed by atoms with van der Waals surface area (Å²) in [4.78, 5) is 26.8. The van der Waals surface area contributed by atoms with Gasteiger partial charge in [-0.3, -0.25) is 9.59 Å². The summed E-state index contributed by atoms with van der Waals surface area (Å²) in [6.45, 7) is 5.34. The fourth-order valence-electron chi connectivity index (χ4n) is 3.30. The summed E-state index contributed by atoms with van der Waals surface area (Å²) in [6.07, 6.45) is 2.38. The number of nitrogens with zero attached hydrogens (tertiary/aromatic N) is 1. The molecule has 6 nitrogen and oxygen atoms in total. The maximum absolute atomic E-state index is 12.3. The lowest BCUT2D eigenvalue weighted by Crippen LogP contribution is -2.47. The molecular formula is C18H25N3O3. The number of piperidine rings is 1. The van der Waals surface area contributed by atoms with Crippen LogP contribution >= 0.6 is 0 Å². The van der Waals surface area contributed by atoms with E-state index < -0.39 is 6.10 Å². The molecule has 2 aliphatic heterocycles. The van der Waals surface area contributed by atoms with Gasteiger partial charge in [0.05, 0.1) is 12.1 Å². The van der Waals surface area contributed by atoms with E-state index in [0.29, 0.717) is 11.4 Å². The van der Waals surface area contributed by atoms with E-state index in [0.717, 1.165) is 38.9 Å². The van der Waals surface area contributed by atoms with Gasteiger partial charge in [-0.15, -0.1) is 0 Å². The number of amides is 2. The van der Waals surface area contributed by atoms with Crippen molar-refractivity contribution < 1.29 is 14.3 Å². The molecule has 0 saturated carbocycles. The molecular weight excluding hydrogens is 306 g/mol. The lowest BCUT2D eigenvalue weighted by atomic mass is 10.0. The molecule has 2 N–H and O–H groups in total. The van der Waals surface area contributed by atoms with Crippen LogP contribution in [0.2, 0.25) is 0 Å². The summed E-state index contributed by atoms with van der Waals surface area (Å²) in [7, 11) is 0. The first-order valence-corrected chi connectivity index (χ1v) is 8.74. The Kier molecular flexibility index (Phi) is 5.35. The van der Waals surface area contributed by atoms with Crippen LogP contribution in [-0.4, -0.2) is 48.5 Å². The van der Waals surface area contributed by atoms with Gasteiger partial charge >= 0.3 is 0 Å². The highest BCUT2D eigenvalue weighted by molar-refractivity contribution is 5.99. The summed E-state index contributed by atoms with van der Waals surface area (Å²) >= 11 is 0. The minimum Gasteiger partial charge on any atom is -0.478 e. The Morgan fingerprint density at radius 2 is 2.08 bits per heavy atom. The molecule has 1 aromatic rings. The average molecular weight is 331 g/mol. The van der Waals surface area contributed by atoms with Gasteiger partial charge in [-0.1, -0.05) is 19.1 Å². The second-order valence-electron chi connectivity index (χ2n) is 6.48. The second-order valence-corrected chi connectivity index (χ2v) is 6.48. The van der Waals surface area contributed by atoms with Gasteiger partial charge in [0, 0.05) is 19.1 Å². The molecule has 1 aromatic carbocycles. The molecule has 0 radical (unpaired) electrons. The van der Waals surface area contributed by atoms with Crippen molar-refractivity contribution >= 4 is 17.5 Å². The number of carbonyl (C=O) groups is 2. The summed E-state index contributed by atoms with van der Waals surface area (Å²) in [5.41, 5.74) is 0.655. The van der Waals surface area contributed by atoms with Crippen molar-refractivity contribution in [1.29, 1.82) is 0 Å². The smallest absolute Gasteiger partial charge is 0.266 e. The number of fused-ring (bicyclic) bond motifs is 1. The van der Waals surface area contributed by atoms with Crippen molar-refractivity contribution in [3.8, 4) is 5.75 Å². The molecule has 2 amide bonds. The van der Waals surface area contributed by atoms with E-state index in [2.05, 4.69) is 22.5 Å². The minimum atomic E-state index is -0.764. The molecule has 0 bridgehead atoms. The van der Waals surface area contributed by atoms with Crippen LogP contribution in [0.15, 0.2) is 24.3 Å². The maximum atomic E-state index is 12.3. The second kappa shape index (κ2) is 7.66. The number of nitrogens with one attached hydrogen (secondary N) is 2. The molecule has 0 aliphatic carbocycles. The Morgan fingerprint density at radius 3 is 2.83 bits per heavy atom. The molecule has 1 fully saturated rings. The van der Waals surface area contributed by atoms with Crippen molar-refractivity contribution in [3.05, 3.63) is 24.3 Å². The summed E-state index contributed by atoms with van der Waals surface area (Å²) in [6, 6.07) is 7.46. The SMILES string of the molecule is CCCN1CCC(NC(=O)C[C@@H]2Oc3ccccc3NC2=O)CC1. The van der Waals surface area contributed by atoms with Crippen molar-refractivity contribution in [1.82, 2.24) is 10.2 Å². The molecule has 0 aromatic heterocycles. The quantitative estimate of drug-likeness (QED) is 0.863. The van der Waals surface area contributed by atoms with Crippen LogP contribution in [0.1, 0.15) is 32.6 Å². The predicted molar refractivity (Wildman–Crippen MR) is 92.0 cm³/mol. The van der Waals surface area contributed by atoms with Crippen molar-refractivity contribution in [3.63, 3.8) is 0 Å². The van der Waals surface area contributed by atoms with Crippen LogP contribution < -0.4 is 15.4 Å². The number of rotatable bonds is 5. The number of anilines is 1. The number of benzene rings is 1. The van der Waals surface area contributed by atoms with E-state index in [9.17, 15) is 9.59 Å². The van der Waals surface area contributed by atoms with E-state index in [1.807, 2.05) is 12.1 Å². The van der Waals surface area contributed by atoms with E-state index in [4.69, 9.17) is 4.74 Å². The van der Waals surface area contributed by atoms with Gasteiger partial charge in [0.15, 0.2) is 6.10 Å². The number of ether oxygens (including phenoxy) is 1. The Hall–Kier alpha value is -2.08.